The van der Waals surface area contributed by atoms with Crippen molar-refractivity contribution in [3.63, 3.8) is 0 Å². The number of quaternary nitrogens is 1. The average Bonchev–Trinajstić information content (AvgIpc) is 2.35. The van der Waals surface area contributed by atoms with E-state index in [0.717, 1.165) is 21.2 Å². The van der Waals surface area contributed by atoms with Gasteiger partial charge in [0.25, 0.3) is 0 Å². The van der Waals surface area contributed by atoms with Gasteiger partial charge in [-0.2, -0.15) is 5.23 Å². The van der Waals surface area contributed by atoms with Crippen LogP contribution < -0.4 is 10.5 Å². The standard InChI is InChI=1S/C12H10N2O2S/c15-14(16)8-5-6-10-12(7-8)17-11-4-2-1-3-9(11)13-10/h1-7,13-15H. The SMILES string of the molecule is [O-][NH+](O)c1ccc2c(c1)Sc1ccccc1N2. The summed E-state index contributed by atoms with van der Waals surface area (Å²) in [5.41, 5.74) is 2.34. The summed E-state index contributed by atoms with van der Waals surface area (Å²) in [6, 6.07) is 13.1. The fourth-order valence-electron chi connectivity index (χ4n) is 1.77. The summed E-state index contributed by atoms with van der Waals surface area (Å²) in [5.74, 6) is 0. The average molecular weight is 246 g/mol. The monoisotopic (exact) mass is 246 g/mol. The molecule has 1 unspecified atom stereocenters. The molecule has 2 aromatic carbocycles. The first-order chi connectivity index (χ1) is 8.24. The van der Waals surface area contributed by atoms with Crippen molar-refractivity contribution in [3.05, 3.63) is 47.7 Å². The first-order valence-corrected chi connectivity index (χ1v) is 5.97. The fraction of sp³-hybridized carbons (Fsp3) is 0. The second-order valence-electron chi connectivity index (χ2n) is 3.74. The van der Waals surface area contributed by atoms with E-state index in [0.29, 0.717) is 5.69 Å². The zero-order valence-electron chi connectivity index (χ0n) is 8.81. The van der Waals surface area contributed by atoms with Crippen molar-refractivity contribution in [1.82, 2.24) is 0 Å². The second-order valence-corrected chi connectivity index (χ2v) is 4.82. The van der Waals surface area contributed by atoms with Gasteiger partial charge in [0.1, 0.15) is 0 Å². The third kappa shape index (κ3) is 1.89. The lowest BCUT2D eigenvalue weighted by Gasteiger charge is -2.21. The normalized spacial score (nSPS) is 14.5. The maximum Gasteiger partial charge on any atom is 0.165 e. The summed E-state index contributed by atoms with van der Waals surface area (Å²) < 4.78 is 0. The molecule has 5 heteroatoms. The molecule has 0 spiro atoms. The summed E-state index contributed by atoms with van der Waals surface area (Å²) in [5, 5.41) is 22.3. The van der Waals surface area contributed by atoms with Crippen molar-refractivity contribution in [2.75, 3.05) is 5.32 Å². The van der Waals surface area contributed by atoms with Crippen molar-refractivity contribution in [2.45, 2.75) is 9.79 Å². The highest BCUT2D eigenvalue weighted by molar-refractivity contribution is 7.99. The van der Waals surface area contributed by atoms with Crippen LogP contribution in [0.5, 0.6) is 0 Å². The van der Waals surface area contributed by atoms with E-state index in [2.05, 4.69) is 5.32 Å². The van der Waals surface area contributed by atoms with E-state index in [1.165, 1.54) is 0 Å². The lowest BCUT2D eigenvalue weighted by molar-refractivity contribution is -0.991. The highest BCUT2D eigenvalue weighted by Gasteiger charge is 2.16. The predicted octanol–water partition coefficient (Wildman–Crippen LogP) is 2.30. The molecule has 17 heavy (non-hydrogen) atoms. The summed E-state index contributed by atoms with van der Waals surface area (Å²) >= 11 is 1.59. The Hall–Kier alpha value is -1.53. The molecular weight excluding hydrogens is 236 g/mol. The van der Waals surface area contributed by atoms with E-state index < -0.39 is 5.23 Å². The number of fused-ring (bicyclic) bond motifs is 2. The van der Waals surface area contributed by atoms with Crippen LogP contribution in [0.25, 0.3) is 0 Å². The topological polar surface area (TPSA) is 59.8 Å². The van der Waals surface area contributed by atoms with Crippen LogP contribution in [0.3, 0.4) is 0 Å². The Bertz CT molecular complexity index is 572. The molecule has 0 saturated carbocycles. The number of hydrogen-bond donors (Lipinski definition) is 3. The van der Waals surface area contributed by atoms with E-state index in [4.69, 9.17) is 5.21 Å². The Labute approximate surface area is 102 Å². The fourth-order valence-corrected chi connectivity index (χ4v) is 2.79. The summed E-state index contributed by atoms with van der Waals surface area (Å²) in [7, 11) is 0. The number of anilines is 2. The summed E-state index contributed by atoms with van der Waals surface area (Å²) in [6.45, 7) is 0. The van der Waals surface area contributed by atoms with Gasteiger partial charge in [-0.15, -0.1) is 0 Å². The molecule has 3 N–H and O–H groups in total. The number of nitrogens with one attached hydrogen (secondary N) is 2. The van der Waals surface area contributed by atoms with Crippen LogP contribution in [0.15, 0.2) is 52.3 Å². The molecule has 2 aromatic rings. The van der Waals surface area contributed by atoms with E-state index in [1.54, 1.807) is 23.9 Å². The Morgan fingerprint density at radius 2 is 1.82 bits per heavy atom. The van der Waals surface area contributed by atoms with Gasteiger partial charge in [0.2, 0.25) is 0 Å². The summed E-state index contributed by atoms with van der Waals surface area (Å²) in [6.07, 6.45) is 0. The molecule has 1 aliphatic rings. The smallest absolute Gasteiger partial charge is 0.165 e. The molecule has 0 amide bonds. The van der Waals surface area contributed by atoms with Gasteiger partial charge in [-0.3, -0.25) is 0 Å². The number of hydrogen-bond acceptors (Lipinski definition) is 4. The zero-order chi connectivity index (χ0) is 11.8. The van der Waals surface area contributed by atoms with Crippen molar-refractivity contribution in [1.29, 1.82) is 0 Å². The second kappa shape index (κ2) is 4.05. The molecule has 0 bridgehead atoms. The van der Waals surface area contributed by atoms with Crippen molar-refractivity contribution < 1.29 is 10.4 Å². The van der Waals surface area contributed by atoms with Crippen LogP contribution in [0, 0.1) is 5.21 Å². The molecule has 86 valence electrons. The van der Waals surface area contributed by atoms with Crippen LogP contribution in [0.4, 0.5) is 17.1 Å². The van der Waals surface area contributed by atoms with Gasteiger partial charge in [-0.25, -0.2) is 5.21 Å². The van der Waals surface area contributed by atoms with Gasteiger partial charge >= 0.3 is 0 Å². The third-order valence-electron chi connectivity index (χ3n) is 2.60. The van der Waals surface area contributed by atoms with E-state index in [9.17, 15) is 5.21 Å². The van der Waals surface area contributed by atoms with Crippen LogP contribution in [-0.4, -0.2) is 5.21 Å². The minimum atomic E-state index is -0.896. The van der Waals surface area contributed by atoms with Gasteiger partial charge in [-0.05, 0) is 18.2 Å². The molecule has 0 saturated heterocycles. The number of para-hydroxylation sites is 1. The Morgan fingerprint density at radius 3 is 2.65 bits per heavy atom. The number of rotatable bonds is 1. The molecule has 1 aliphatic heterocycles. The van der Waals surface area contributed by atoms with Crippen LogP contribution in [0.1, 0.15) is 0 Å². The van der Waals surface area contributed by atoms with Gasteiger partial charge in [-0.1, -0.05) is 23.9 Å². The molecule has 0 fully saturated rings. The summed E-state index contributed by atoms with van der Waals surface area (Å²) in [4.78, 5) is 2.06. The molecule has 0 aliphatic carbocycles. The molecule has 0 aromatic heterocycles. The Morgan fingerprint density at radius 1 is 1.06 bits per heavy atom. The van der Waals surface area contributed by atoms with Crippen molar-refractivity contribution >= 4 is 28.8 Å². The largest absolute Gasteiger partial charge is 0.595 e. The number of benzene rings is 2. The Balaban J connectivity index is 2.03. The van der Waals surface area contributed by atoms with Crippen LogP contribution >= 0.6 is 11.8 Å². The maximum absolute atomic E-state index is 10.9. The zero-order valence-corrected chi connectivity index (χ0v) is 9.62. The molecular formula is C12H10N2O2S. The highest BCUT2D eigenvalue weighted by atomic mass is 32.2. The van der Waals surface area contributed by atoms with Gasteiger partial charge in [0.05, 0.1) is 11.4 Å². The molecule has 1 atom stereocenters. The lowest BCUT2D eigenvalue weighted by atomic mass is 10.2. The molecule has 4 nitrogen and oxygen atoms in total. The quantitative estimate of drug-likeness (QED) is 0.577. The van der Waals surface area contributed by atoms with E-state index in [-0.39, 0.29) is 0 Å². The minimum Gasteiger partial charge on any atom is -0.595 e. The van der Waals surface area contributed by atoms with Gasteiger partial charge < -0.3 is 10.5 Å². The molecule has 3 rings (SSSR count). The van der Waals surface area contributed by atoms with Crippen LogP contribution in [-0.2, 0) is 0 Å². The third-order valence-corrected chi connectivity index (χ3v) is 3.74. The minimum absolute atomic E-state index is 0.317. The van der Waals surface area contributed by atoms with Crippen molar-refractivity contribution in [3.8, 4) is 0 Å². The molecule has 1 heterocycles. The first kappa shape index (κ1) is 10.6. The maximum atomic E-state index is 10.9. The first-order valence-electron chi connectivity index (χ1n) is 5.15. The Kier molecular flexibility index (Phi) is 2.53. The predicted molar refractivity (Wildman–Crippen MR) is 66.1 cm³/mol. The molecule has 0 radical (unpaired) electrons. The lowest BCUT2D eigenvalue weighted by Crippen LogP contribution is -2.99. The van der Waals surface area contributed by atoms with E-state index >= 15 is 0 Å². The van der Waals surface area contributed by atoms with Gasteiger partial charge in [0, 0.05) is 21.9 Å². The van der Waals surface area contributed by atoms with Crippen molar-refractivity contribution in [2.24, 2.45) is 0 Å². The highest BCUT2D eigenvalue weighted by Crippen LogP contribution is 2.44. The van der Waals surface area contributed by atoms with Gasteiger partial charge in [0.15, 0.2) is 5.69 Å². The van der Waals surface area contributed by atoms with Crippen LogP contribution in [0.2, 0.25) is 0 Å². The van der Waals surface area contributed by atoms with E-state index in [1.807, 2.05) is 30.3 Å².